The van der Waals surface area contributed by atoms with Crippen LogP contribution >= 0.6 is 0 Å². The van der Waals surface area contributed by atoms with Gasteiger partial charge in [-0.2, -0.15) is 0 Å². The van der Waals surface area contributed by atoms with E-state index in [1.807, 2.05) is 24.4 Å². The van der Waals surface area contributed by atoms with E-state index in [2.05, 4.69) is 159 Å². The van der Waals surface area contributed by atoms with Gasteiger partial charge in [0.05, 0.1) is 28.1 Å². The van der Waals surface area contributed by atoms with Gasteiger partial charge in [-0.1, -0.05) is 142 Å². The number of pyridine rings is 3. The second kappa shape index (κ2) is 11.5. The Morgan fingerprint density at radius 3 is 1.60 bits per heavy atom. The van der Waals surface area contributed by atoms with Crippen molar-refractivity contribution in [2.75, 3.05) is 0 Å². The monoisotopic (exact) mass is 665 g/mol. The minimum absolute atomic E-state index is 0.0552. The fourth-order valence-corrected chi connectivity index (χ4v) is 7.84. The minimum Gasteiger partial charge on any atom is -0.256 e. The van der Waals surface area contributed by atoms with E-state index in [0.29, 0.717) is 0 Å². The molecule has 0 spiro atoms. The van der Waals surface area contributed by atoms with E-state index < -0.39 is 0 Å². The van der Waals surface area contributed by atoms with Crippen LogP contribution < -0.4 is 0 Å². The highest BCUT2D eigenvalue weighted by molar-refractivity contribution is 6.28. The van der Waals surface area contributed by atoms with Crippen LogP contribution in [0, 0.1) is 0 Å². The van der Waals surface area contributed by atoms with Gasteiger partial charge in [-0.15, -0.1) is 0 Å². The largest absolute Gasteiger partial charge is 0.256 e. The summed E-state index contributed by atoms with van der Waals surface area (Å²) in [6, 6.07) is 54.5. The van der Waals surface area contributed by atoms with Crippen molar-refractivity contribution < 1.29 is 0 Å². The lowest BCUT2D eigenvalue weighted by Crippen LogP contribution is -2.10. The van der Waals surface area contributed by atoms with Crippen LogP contribution in [0.2, 0.25) is 0 Å². The Labute approximate surface area is 302 Å². The molecule has 52 heavy (non-hydrogen) atoms. The summed E-state index contributed by atoms with van der Waals surface area (Å²) in [5, 5.41) is 9.78. The molecule has 0 N–H and O–H groups in total. The molecular weight excluding hydrogens is 631 g/mol. The molecule has 0 unspecified atom stereocenters. The topological polar surface area (TPSA) is 38.7 Å². The van der Waals surface area contributed by atoms with Crippen molar-refractivity contribution in [3.63, 3.8) is 0 Å². The number of nitrogens with zero attached hydrogens (tertiary/aromatic N) is 3. The highest BCUT2D eigenvalue weighted by Gasteiger charge is 2.21. The standard InChI is InChI=1S/C49H35N3/c1-49(2,3)37-27-35-18-22-38-40(30-9-5-4-6-10-30)29-41(39-23-19-36(28-37)45(35)46(38)39)44-25-21-34-17-16-33-20-24-43(51-47(33)48(34)52-44)32-14-12-31(13-15-32)42-11-7-8-26-50-42/h4-29H,1-3H3. The summed E-state index contributed by atoms with van der Waals surface area (Å²) >= 11 is 0. The number of fused-ring (bicyclic) bond motifs is 3. The zero-order valence-corrected chi connectivity index (χ0v) is 29.4. The van der Waals surface area contributed by atoms with E-state index in [0.717, 1.165) is 55.6 Å². The lowest BCUT2D eigenvalue weighted by molar-refractivity contribution is 0.591. The Morgan fingerprint density at radius 1 is 0.404 bits per heavy atom. The van der Waals surface area contributed by atoms with Gasteiger partial charge in [-0.05, 0) is 84.8 Å². The molecule has 10 rings (SSSR count). The third-order valence-corrected chi connectivity index (χ3v) is 10.6. The number of hydrogen-bond donors (Lipinski definition) is 0. The SMILES string of the molecule is CC(C)(C)c1cc2ccc3c(-c4ccccc4)cc(-c4ccc5ccc6ccc(-c7ccc(-c8ccccn8)cc7)nc6c5n4)c4ccc(c1)c2c34. The Morgan fingerprint density at radius 2 is 0.962 bits per heavy atom. The molecule has 0 fully saturated rings. The van der Waals surface area contributed by atoms with Crippen molar-refractivity contribution in [2.45, 2.75) is 26.2 Å². The van der Waals surface area contributed by atoms with Gasteiger partial charge >= 0.3 is 0 Å². The van der Waals surface area contributed by atoms with Gasteiger partial charge in [-0.25, -0.2) is 9.97 Å². The third kappa shape index (κ3) is 4.92. The maximum absolute atomic E-state index is 5.45. The Balaban J connectivity index is 1.19. The van der Waals surface area contributed by atoms with Crippen molar-refractivity contribution >= 4 is 54.1 Å². The van der Waals surface area contributed by atoms with Crippen LogP contribution in [0.5, 0.6) is 0 Å². The smallest absolute Gasteiger partial charge is 0.0972 e. The molecule has 3 heteroatoms. The first-order valence-corrected chi connectivity index (χ1v) is 17.9. The molecule has 0 saturated carbocycles. The molecule has 0 aliphatic rings. The van der Waals surface area contributed by atoms with E-state index in [-0.39, 0.29) is 5.41 Å². The van der Waals surface area contributed by atoms with Gasteiger partial charge in [0, 0.05) is 33.7 Å². The van der Waals surface area contributed by atoms with Crippen LogP contribution in [0.4, 0.5) is 0 Å². The molecule has 0 aliphatic carbocycles. The van der Waals surface area contributed by atoms with E-state index in [1.54, 1.807) is 0 Å². The molecular formula is C49H35N3. The fourth-order valence-electron chi connectivity index (χ4n) is 7.84. The molecule has 3 aromatic heterocycles. The molecule has 0 bridgehead atoms. The van der Waals surface area contributed by atoms with Gasteiger partial charge in [0.25, 0.3) is 0 Å². The Bertz CT molecular complexity index is 2940. The second-order valence-corrected chi connectivity index (χ2v) is 14.9. The molecule has 0 amide bonds. The maximum atomic E-state index is 5.45. The summed E-state index contributed by atoms with van der Waals surface area (Å²) < 4.78 is 0. The van der Waals surface area contributed by atoms with Crippen molar-refractivity contribution in [3.8, 4) is 44.9 Å². The predicted octanol–water partition coefficient (Wildman–Crippen LogP) is 13.0. The second-order valence-electron chi connectivity index (χ2n) is 14.9. The van der Waals surface area contributed by atoms with Crippen LogP contribution in [-0.2, 0) is 5.41 Å². The van der Waals surface area contributed by atoms with Crippen molar-refractivity contribution in [2.24, 2.45) is 0 Å². The number of benzene rings is 7. The fraction of sp³-hybridized carbons (Fsp3) is 0.0816. The third-order valence-electron chi connectivity index (χ3n) is 10.6. The first kappa shape index (κ1) is 30.4. The summed E-state index contributed by atoms with van der Waals surface area (Å²) in [5.41, 5.74) is 11.7. The molecule has 3 heterocycles. The van der Waals surface area contributed by atoms with Crippen LogP contribution in [0.1, 0.15) is 26.3 Å². The van der Waals surface area contributed by atoms with Crippen molar-refractivity contribution in [1.29, 1.82) is 0 Å². The average Bonchev–Trinajstić information content (AvgIpc) is 3.19. The van der Waals surface area contributed by atoms with E-state index in [9.17, 15) is 0 Å². The summed E-state index contributed by atoms with van der Waals surface area (Å²) in [6.07, 6.45) is 1.83. The molecule has 0 aliphatic heterocycles. The summed E-state index contributed by atoms with van der Waals surface area (Å²) in [6.45, 7) is 6.87. The normalized spacial score (nSPS) is 12.1. The van der Waals surface area contributed by atoms with Crippen molar-refractivity contribution in [1.82, 2.24) is 15.0 Å². The Hall–Kier alpha value is -6.45. The molecule has 3 nitrogen and oxygen atoms in total. The first-order chi connectivity index (χ1) is 25.4. The molecule has 246 valence electrons. The van der Waals surface area contributed by atoms with Crippen molar-refractivity contribution in [3.05, 3.63) is 163 Å². The van der Waals surface area contributed by atoms with Crippen LogP contribution in [0.15, 0.2) is 158 Å². The first-order valence-electron chi connectivity index (χ1n) is 17.9. The van der Waals surface area contributed by atoms with Gasteiger partial charge in [0.2, 0.25) is 0 Å². The van der Waals surface area contributed by atoms with Crippen LogP contribution in [0.3, 0.4) is 0 Å². The number of hydrogen-bond acceptors (Lipinski definition) is 3. The Kier molecular flexibility index (Phi) is 6.74. The molecule has 0 atom stereocenters. The maximum Gasteiger partial charge on any atom is 0.0972 e. The van der Waals surface area contributed by atoms with Gasteiger partial charge in [0.1, 0.15) is 0 Å². The summed E-state index contributed by atoms with van der Waals surface area (Å²) in [5.74, 6) is 0. The van der Waals surface area contributed by atoms with E-state index in [4.69, 9.17) is 9.97 Å². The van der Waals surface area contributed by atoms with Gasteiger partial charge in [-0.3, -0.25) is 4.98 Å². The van der Waals surface area contributed by atoms with Gasteiger partial charge in [0.15, 0.2) is 0 Å². The number of rotatable bonds is 4. The quantitative estimate of drug-likeness (QED) is 0.176. The summed E-state index contributed by atoms with van der Waals surface area (Å²) in [4.78, 5) is 15.2. The average molecular weight is 666 g/mol. The highest BCUT2D eigenvalue weighted by atomic mass is 14.8. The molecule has 0 radical (unpaired) electrons. The number of aromatic nitrogens is 3. The van der Waals surface area contributed by atoms with E-state index >= 15 is 0 Å². The highest BCUT2D eigenvalue weighted by Crippen LogP contribution is 2.45. The van der Waals surface area contributed by atoms with Crippen LogP contribution in [-0.4, -0.2) is 15.0 Å². The minimum atomic E-state index is 0.0552. The lowest BCUT2D eigenvalue weighted by Gasteiger charge is -2.22. The lowest BCUT2D eigenvalue weighted by atomic mass is 9.82. The predicted molar refractivity (Wildman–Crippen MR) is 219 cm³/mol. The molecule has 10 aromatic rings. The van der Waals surface area contributed by atoms with Crippen LogP contribution in [0.25, 0.3) is 99.0 Å². The zero-order valence-electron chi connectivity index (χ0n) is 29.4. The summed E-state index contributed by atoms with van der Waals surface area (Å²) in [7, 11) is 0. The van der Waals surface area contributed by atoms with E-state index in [1.165, 1.54) is 49.0 Å². The van der Waals surface area contributed by atoms with Gasteiger partial charge < -0.3 is 0 Å². The zero-order chi connectivity index (χ0) is 35.0. The molecule has 7 aromatic carbocycles. The molecule has 0 saturated heterocycles.